The van der Waals surface area contributed by atoms with Crippen molar-refractivity contribution in [2.75, 3.05) is 0 Å². The highest BCUT2D eigenvalue weighted by Gasteiger charge is 2.19. The Morgan fingerprint density at radius 3 is 2.87 bits per heavy atom. The lowest BCUT2D eigenvalue weighted by molar-refractivity contribution is -0.123. The topological polar surface area (TPSA) is 44.1 Å². The standard InChI is InChI=1S/C11H16N2O2/c1-13-7-6-12-11(13)8-15-10-4-2-9(14)3-5-10/h6-7,10H,2-5,8H2,1H3. The smallest absolute Gasteiger partial charge is 0.134 e. The molecular formula is C11H16N2O2. The van der Waals surface area contributed by atoms with Gasteiger partial charge in [0.25, 0.3) is 0 Å². The van der Waals surface area contributed by atoms with Crippen LogP contribution in [0, 0.1) is 0 Å². The molecule has 15 heavy (non-hydrogen) atoms. The lowest BCUT2D eigenvalue weighted by atomic mass is 9.96. The predicted molar refractivity (Wildman–Crippen MR) is 55.3 cm³/mol. The van der Waals surface area contributed by atoms with Gasteiger partial charge in [0, 0.05) is 32.3 Å². The number of imidazole rings is 1. The summed E-state index contributed by atoms with van der Waals surface area (Å²) in [4.78, 5) is 15.2. The minimum Gasteiger partial charge on any atom is -0.370 e. The number of hydrogen-bond donors (Lipinski definition) is 0. The molecule has 1 saturated carbocycles. The molecule has 0 atom stereocenters. The molecule has 0 bridgehead atoms. The third-order valence-electron chi connectivity index (χ3n) is 2.86. The van der Waals surface area contributed by atoms with Crippen LogP contribution < -0.4 is 0 Å². The second kappa shape index (κ2) is 4.57. The monoisotopic (exact) mass is 208 g/mol. The number of hydrogen-bond acceptors (Lipinski definition) is 3. The Morgan fingerprint density at radius 2 is 2.27 bits per heavy atom. The molecule has 0 aromatic carbocycles. The number of aryl methyl sites for hydroxylation is 1. The second-order valence-corrected chi connectivity index (χ2v) is 4.00. The first-order valence-corrected chi connectivity index (χ1v) is 5.35. The van der Waals surface area contributed by atoms with E-state index >= 15 is 0 Å². The van der Waals surface area contributed by atoms with Gasteiger partial charge in [0.15, 0.2) is 0 Å². The van der Waals surface area contributed by atoms with Crippen LogP contribution in [0.3, 0.4) is 0 Å². The fourth-order valence-corrected chi connectivity index (χ4v) is 1.81. The van der Waals surface area contributed by atoms with Gasteiger partial charge >= 0.3 is 0 Å². The Morgan fingerprint density at radius 1 is 1.53 bits per heavy atom. The molecule has 0 unspecified atom stereocenters. The van der Waals surface area contributed by atoms with E-state index in [2.05, 4.69) is 4.98 Å². The normalized spacial score (nSPS) is 18.3. The van der Waals surface area contributed by atoms with E-state index in [1.807, 2.05) is 17.8 Å². The van der Waals surface area contributed by atoms with Crippen LogP contribution >= 0.6 is 0 Å². The van der Waals surface area contributed by atoms with Crippen molar-refractivity contribution in [1.82, 2.24) is 9.55 Å². The van der Waals surface area contributed by atoms with Crippen molar-refractivity contribution in [3.8, 4) is 0 Å². The van der Waals surface area contributed by atoms with Crippen molar-refractivity contribution < 1.29 is 9.53 Å². The van der Waals surface area contributed by atoms with Crippen molar-refractivity contribution in [2.45, 2.75) is 38.4 Å². The molecular weight excluding hydrogens is 192 g/mol. The molecule has 0 radical (unpaired) electrons. The highest BCUT2D eigenvalue weighted by atomic mass is 16.5. The number of carbonyl (C=O) groups is 1. The van der Waals surface area contributed by atoms with E-state index in [-0.39, 0.29) is 6.10 Å². The maximum absolute atomic E-state index is 11.0. The van der Waals surface area contributed by atoms with Crippen molar-refractivity contribution in [2.24, 2.45) is 7.05 Å². The van der Waals surface area contributed by atoms with Gasteiger partial charge < -0.3 is 9.30 Å². The number of rotatable bonds is 3. The lowest BCUT2D eigenvalue weighted by Crippen LogP contribution is -2.21. The quantitative estimate of drug-likeness (QED) is 0.755. The molecule has 1 heterocycles. The van der Waals surface area contributed by atoms with E-state index in [0.717, 1.165) is 18.7 Å². The molecule has 0 saturated heterocycles. The number of carbonyl (C=O) groups excluding carboxylic acids is 1. The number of aromatic nitrogens is 2. The first kappa shape index (κ1) is 10.4. The minimum atomic E-state index is 0.236. The van der Waals surface area contributed by atoms with E-state index in [4.69, 9.17) is 4.74 Å². The SMILES string of the molecule is Cn1ccnc1COC1CCC(=O)CC1. The number of Topliss-reactive ketones (excluding diaryl/α,β-unsaturated/α-hetero) is 1. The van der Waals surface area contributed by atoms with Crippen molar-refractivity contribution in [3.05, 3.63) is 18.2 Å². The Labute approximate surface area is 89.3 Å². The summed E-state index contributed by atoms with van der Waals surface area (Å²) in [7, 11) is 1.95. The zero-order chi connectivity index (χ0) is 10.7. The third-order valence-corrected chi connectivity index (χ3v) is 2.86. The van der Waals surface area contributed by atoms with Crippen LogP contribution in [0.15, 0.2) is 12.4 Å². The molecule has 4 nitrogen and oxygen atoms in total. The van der Waals surface area contributed by atoms with Crippen LogP contribution in [0.2, 0.25) is 0 Å². The molecule has 4 heteroatoms. The van der Waals surface area contributed by atoms with Crippen LogP contribution in [-0.4, -0.2) is 21.4 Å². The molecule has 0 aliphatic heterocycles. The first-order valence-electron chi connectivity index (χ1n) is 5.35. The second-order valence-electron chi connectivity index (χ2n) is 4.00. The molecule has 0 N–H and O–H groups in total. The number of nitrogens with zero attached hydrogens (tertiary/aromatic N) is 2. The Hall–Kier alpha value is -1.16. The molecule has 1 fully saturated rings. The molecule has 0 spiro atoms. The van der Waals surface area contributed by atoms with E-state index in [1.54, 1.807) is 6.20 Å². The van der Waals surface area contributed by atoms with Gasteiger partial charge in [-0.05, 0) is 12.8 Å². The van der Waals surface area contributed by atoms with Gasteiger partial charge in [-0.1, -0.05) is 0 Å². The third kappa shape index (κ3) is 2.65. The van der Waals surface area contributed by atoms with Gasteiger partial charge in [-0.3, -0.25) is 4.79 Å². The van der Waals surface area contributed by atoms with Crippen LogP contribution in [0.5, 0.6) is 0 Å². The predicted octanol–water partition coefficient (Wildman–Crippen LogP) is 1.45. The molecule has 1 aromatic heterocycles. The molecule has 1 aliphatic rings. The average Bonchev–Trinajstić information content (AvgIpc) is 2.63. The fraction of sp³-hybridized carbons (Fsp3) is 0.636. The van der Waals surface area contributed by atoms with E-state index in [1.165, 1.54) is 0 Å². The highest BCUT2D eigenvalue weighted by Crippen LogP contribution is 2.18. The Bertz CT molecular complexity index is 336. The summed E-state index contributed by atoms with van der Waals surface area (Å²) in [6.45, 7) is 0.544. The summed E-state index contributed by atoms with van der Waals surface area (Å²) in [6, 6.07) is 0. The zero-order valence-electron chi connectivity index (χ0n) is 8.98. The molecule has 0 amide bonds. The fourth-order valence-electron chi connectivity index (χ4n) is 1.81. The maximum atomic E-state index is 11.0. The number of ether oxygens (including phenoxy) is 1. The van der Waals surface area contributed by atoms with E-state index in [0.29, 0.717) is 25.2 Å². The summed E-state index contributed by atoms with van der Waals surface area (Å²) in [6.07, 6.45) is 6.98. The van der Waals surface area contributed by atoms with Crippen LogP contribution in [0.25, 0.3) is 0 Å². The van der Waals surface area contributed by atoms with Crippen LogP contribution in [-0.2, 0) is 23.2 Å². The molecule has 82 valence electrons. The van der Waals surface area contributed by atoms with Gasteiger partial charge in [-0.25, -0.2) is 4.98 Å². The largest absolute Gasteiger partial charge is 0.370 e. The lowest BCUT2D eigenvalue weighted by Gasteiger charge is -2.21. The van der Waals surface area contributed by atoms with Gasteiger partial charge in [0.1, 0.15) is 18.2 Å². The zero-order valence-corrected chi connectivity index (χ0v) is 8.98. The summed E-state index contributed by atoms with van der Waals surface area (Å²) in [5.74, 6) is 1.30. The van der Waals surface area contributed by atoms with Crippen molar-refractivity contribution in [3.63, 3.8) is 0 Å². The van der Waals surface area contributed by atoms with Crippen molar-refractivity contribution >= 4 is 5.78 Å². The Balaban J connectivity index is 1.79. The summed E-state index contributed by atoms with van der Waals surface area (Å²) in [5.41, 5.74) is 0. The van der Waals surface area contributed by atoms with Gasteiger partial charge in [-0.2, -0.15) is 0 Å². The van der Waals surface area contributed by atoms with Gasteiger partial charge in [0.05, 0.1) is 6.10 Å². The number of ketones is 1. The van der Waals surface area contributed by atoms with Crippen LogP contribution in [0.4, 0.5) is 0 Å². The van der Waals surface area contributed by atoms with Crippen molar-refractivity contribution in [1.29, 1.82) is 0 Å². The minimum absolute atomic E-state index is 0.236. The molecule has 1 aromatic rings. The first-order chi connectivity index (χ1) is 7.25. The summed E-state index contributed by atoms with van der Waals surface area (Å²) in [5, 5.41) is 0. The summed E-state index contributed by atoms with van der Waals surface area (Å²) >= 11 is 0. The maximum Gasteiger partial charge on any atom is 0.134 e. The highest BCUT2D eigenvalue weighted by molar-refractivity contribution is 5.79. The van der Waals surface area contributed by atoms with E-state index < -0.39 is 0 Å². The molecule has 2 rings (SSSR count). The Kier molecular flexibility index (Phi) is 3.16. The molecule has 1 aliphatic carbocycles. The van der Waals surface area contributed by atoms with Crippen LogP contribution in [0.1, 0.15) is 31.5 Å². The van der Waals surface area contributed by atoms with Gasteiger partial charge in [0.2, 0.25) is 0 Å². The van der Waals surface area contributed by atoms with E-state index in [9.17, 15) is 4.79 Å². The average molecular weight is 208 g/mol. The van der Waals surface area contributed by atoms with Gasteiger partial charge in [-0.15, -0.1) is 0 Å². The summed E-state index contributed by atoms with van der Waals surface area (Å²) < 4.78 is 7.67.